The van der Waals surface area contributed by atoms with Gasteiger partial charge < -0.3 is 14.2 Å². The third-order valence-electron chi connectivity index (χ3n) is 3.50. The predicted molar refractivity (Wildman–Crippen MR) is 102 cm³/mol. The van der Waals surface area contributed by atoms with Gasteiger partial charge in [-0.05, 0) is 0 Å². The standard InChI is InChI=1S/C18H25N3O7/c1-4-10-26-12-7-19-16(23)20(8-13-27-11-5-2)18(25)21(17(19)24)9-14-28-15(22)6-3/h4-6H,1-3,7-14H2. The molecule has 0 unspecified atom stereocenters. The van der Waals surface area contributed by atoms with Crippen molar-refractivity contribution in [1.29, 1.82) is 0 Å². The van der Waals surface area contributed by atoms with Gasteiger partial charge >= 0.3 is 23.0 Å². The molecule has 0 N–H and O–H groups in total. The van der Waals surface area contributed by atoms with Crippen molar-refractivity contribution in [1.82, 2.24) is 13.7 Å². The average molecular weight is 395 g/mol. The Labute approximate surface area is 161 Å². The summed E-state index contributed by atoms with van der Waals surface area (Å²) < 4.78 is 17.9. The van der Waals surface area contributed by atoms with Crippen LogP contribution in [0.5, 0.6) is 0 Å². The van der Waals surface area contributed by atoms with E-state index >= 15 is 0 Å². The minimum absolute atomic E-state index is 0.0499. The first kappa shape index (κ1) is 23.1. The van der Waals surface area contributed by atoms with E-state index in [-0.39, 0.29) is 52.7 Å². The monoisotopic (exact) mass is 395 g/mol. The number of esters is 1. The van der Waals surface area contributed by atoms with Crippen molar-refractivity contribution in [3.05, 3.63) is 69.4 Å². The maximum Gasteiger partial charge on any atom is 0.336 e. The van der Waals surface area contributed by atoms with Gasteiger partial charge in [-0.2, -0.15) is 0 Å². The summed E-state index contributed by atoms with van der Waals surface area (Å²) in [5, 5.41) is 0. The van der Waals surface area contributed by atoms with Gasteiger partial charge in [0.25, 0.3) is 0 Å². The predicted octanol–water partition coefficient (Wildman–Crippen LogP) is -0.694. The van der Waals surface area contributed by atoms with Crippen molar-refractivity contribution < 1.29 is 19.0 Å². The van der Waals surface area contributed by atoms with Crippen LogP contribution >= 0.6 is 0 Å². The highest BCUT2D eigenvalue weighted by atomic mass is 16.5. The van der Waals surface area contributed by atoms with Crippen molar-refractivity contribution in [2.45, 2.75) is 19.6 Å². The maximum atomic E-state index is 12.6. The lowest BCUT2D eigenvalue weighted by Crippen LogP contribution is -2.55. The van der Waals surface area contributed by atoms with Crippen LogP contribution < -0.4 is 17.1 Å². The van der Waals surface area contributed by atoms with E-state index in [0.29, 0.717) is 0 Å². The molecule has 0 aliphatic heterocycles. The van der Waals surface area contributed by atoms with Crippen molar-refractivity contribution in [3.63, 3.8) is 0 Å². The van der Waals surface area contributed by atoms with E-state index in [1.165, 1.54) is 12.2 Å². The second-order valence-electron chi connectivity index (χ2n) is 5.40. The van der Waals surface area contributed by atoms with Crippen LogP contribution in [0.15, 0.2) is 52.3 Å². The molecular weight excluding hydrogens is 370 g/mol. The van der Waals surface area contributed by atoms with Crippen molar-refractivity contribution in [2.24, 2.45) is 0 Å². The summed E-state index contributed by atoms with van der Waals surface area (Å²) in [5.74, 6) is -0.683. The number of carbonyl (C=O) groups excluding carboxylic acids is 1. The molecule has 0 bridgehead atoms. The first-order chi connectivity index (χ1) is 13.5. The summed E-state index contributed by atoms with van der Waals surface area (Å²) in [6.07, 6.45) is 4.04. The van der Waals surface area contributed by atoms with Crippen LogP contribution in [-0.4, -0.2) is 52.7 Å². The molecule has 10 nitrogen and oxygen atoms in total. The second-order valence-corrected chi connectivity index (χ2v) is 5.40. The molecule has 0 fully saturated rings. The SMILES string of the molecule is C=CCOCCn1c(=O)n(CCOCC=C)c(=O)n(CCOC(=O)C=C)c1=O. The highest BCUT2D eigenvalue weighted by Crippen LogP contribution is 1.85. The zero-order valence-electron chi connectivity index (χ0n) is 15.7. The number of carbonyl (C=O) groups is 1. The normalized spacial score (nSPS) is 10.4. The smallest absolute Gasteiger partial charge is 0.336 e. The average Bonchev–Trinajstić information content (AvgIpc) is 2.69. The van der Waals surface area contributed by atoms with E-state index < -0.39 is 23.0 Å². The Hall–Kier alpha value is -2.98. The zero-order chi connectivity index (χ0) is 20.9. The van der Waals surface area contributed by atoms with Gasteiger partial charge in [-0.25, -0.2) is 32.9 Å². The van der Waals surface area contributed by atoms with Gasteiger partial charge in [0.1, 0.15) is 6.61 Å². The summed E-state index contributed by atoms with van der Waals surface area (Å²) in [5.41, 5.74) is -2.39. The summed E-state index contributed by atoms with van der Waals surface area (Å²) in [7, 11) is 0. The molecule has 0 spiro atoms. The Morgan fingerprint density at radius 2 is 1.14 bits per heavy atom. The molecule has 154 valence electrons. The quantitative estimate of drug-likeness (QED) is 0.177. The van der Waals surface area contributed by atoms with Gasteiger partial charge in [-0.1, -0.05) is 18.7 Å². The van der Waals surface area contributed by atoms with E-state index in [0.717, 1.165) is 19.8 Å². The highest BCUT2D eigenvalue weighted by Gasteiger charge is 2.15. The fourth-order valence-corrected chi connectivity index (χ4v) is 2.20. The lowest BCUT2D eigenvalue weighted by atomic mass is 10.5. The van der Waals surface area contributed by atoms with Crippen LogP contribution in [0.1, 0.15) is 0 Å². The molecule has 0 atom stereocenters. The summed E-state index contributed by atoms with van der Waals surface area (Å²) in [6, 6.07) is 0. The molecule has 0 amide bonds. The lowest BCUT2D eigenvalue weighted by molar-refractivity contribution is -0.138. The Morgan fingerprint density at radius 1 is 0.750 bits per heavy atom. The van der Waals surface area contributed by atoms with Gasteiger partial charge in [0, 0.05) is 6.08 Å². The third kappa shape index (κ3) is 6.63. The van der Waals surface area contributed by atoms with Gasteiger partial charge in [0.15, 0.2) is 0 Å². The molecule has 1 aromatic rings. The Balaban J connectivity index is 3.17. The largest absolute Gasteiger partial charge is 0.461 e. The minimum Gasteiger partial charge on any atom is -0.461 e. The van der Waals surface area contributed by atoms with Gasteiger partial charge in [0.2, 0.25) is 0 Å². The van der Waals surface area contributed by atoms with Crippen LogP contribution in [-0.2, 0) is 38.6 Å². The van der Waals surface area contributed by atoms with Crippen molar-refractivity contribution in [2.75, 3.05) is 33.0 Å². The molecule has 0 aliphatic rings. The van der Waals surface area contributed by atoms with Crippen molar-refractivity contribution >= 4 is 5.97 Å². The van der Waals surface area contributed by atoms with Crippen LogP contribution in [0.3, 0.4) is 0 Å². The molecule has 1 rings (SSSR count). The van der Waals surface area contributed by atoms with E-state index in [9.17, 15) is 19.2 Å². The fourth-order valence-electron chi connectivity index (χ4n) is 2.20. The number of rotatable bonds is 14. The van der Waals surface area contributed by atoms with E-state index in [2.05, 4.69) is 19.7 Å². The van der Waals surface area contributed by atoms with E-state index in [1.54, 1.807) is 0 Å². The molecule has 10 heteroatoms. The molecule has 0 saturated carbocycles. The number of hydrogen-bond acceptors (Lipinski definition) is 7. The second kappa shape index (κ2) is 12.4. The molecule has 0 aliphatic carbocycles. The van der Waals surface area contributed by atoms with Gasteiger partial charge in [0.05, 0.1) is 46.1 Å². The van der Waals surface area contributed by atoms with Gasteiger partial charge in [-0.3, -0.25) is 0 Å². The molecule has 1 heterocycles. The molecule has 1 aromatic heterocycles. The number of ether oxygens (including phenoxy) is 3. The van der Waals surface area contributed by atoms with Gasteiger partial charge in [-0.15, -0.1) is 13.2 Å². The first-order valence-electron chi connectivity index (χ1n) is 8.58. The number of aromatic nitrogens is 3. The van der Waals surface area contributed by atoms with Crippen LogP contribution in [0, 0.1) is 0 Å². The Kier molecular flexibility index (Phi) is 10.2. The van der Waals surface area contributed by atoms with Crippen LogP contribution in [0.2, 0.25) is 0 Å². The molecule has 0 aromatic carbocycles. The number of hydrogen-bond donors (Lipinski definition) is 0. The topological polar surface area (TPSA) is 111 Å². The first-order valence-corrected chi connectivity index (χ1v) is 8.58. The van der Waals surface area contributed by atoms with E-state index in [4.69, 9.17) is 14.2 Å². The maximum absolute atomic E-state index is 12.6. The van der Waals surface area contributed by atoms with Crippen LogP contribution in [0.25, 0.3) is 0 Å². The fraction of sp³-hybridized carbons (Fsp3) is 0.444. The number of nitrogens with zero attached hydrogens (tertiary/aromatic N) is 3. The Bertz CT molecular complexity index is 809. The summed E-state index contributed by atoms with van der Waals surface area (Å²) in [6.45, 7) is 10.4. The highest BCUT2D eigenvalue weighted by molar-refractivity contribution is 5.81. The zero-order valence-corrected chi connectivity index (χ0v) is 15.7. The molecule has 28 heavy (non-hydrogen) atoms. The molecule has 0 saturated heterocycles. The summed E-state index contributed by atoms with van der Waals surface area (Å²) in [4.78, 5) is 48.9. The third-order valence-corrected chi connectivity index (χ3v) is 3.50. The summed E-state index contributed by atoms with van der Waals surface area (Å²) >= 11 is 0. The van der Waals surface area contributed by atoms with Crippen LogP contribution in [0.4, 0.5) is 0 Å². The van der Waals surface area contributed by atoms with Crippen molar-refractivity contribution in [3.8, 4) is 0 Å². The molecule has 0 radical (unpaired) electrons. The Morgan fingerprint density at radius 3 is 1.50 bits per heavy atom. The minimum atomic E-state index is -0.810. The molecular formula is C18H25N3O7. The van der Waals surface area contributed by atoms with E-state index in [1.807, 2.05) is 0 Å². The lowest BCUT2D eigenvalue weighted by Gasteiger charge is -2.14.